The molecule has 3 heterocycles. The van der Waals surface area contributed by atoms with Crippen molar-refractivity contribution >= 4 is 17.5 Å². The molecular weight excluding hydrogens is 340 g/mol. The Hall–Kier alpha value is -2.09. The summed E-state index contributed by atoms with van der Waals surface area (Å²) in [4.78, 5) is 24.4. The molecule has 0 bridgehead atoms. The highest BCUT2D eigenvalue weighted by Crippen LogP contribution is 2.39. The van der Waals surface area contributed by atoms with Gasteiger partial charge in [0.25, 0.3) is 5.91 Å². The predicted molar refractivity (Wildman–Crippen MR) is 94.4 cm³/mol. The molecule has 130 valence electrons. The average molecular weight is 359 g/mol. The van der Waals surface area contributed by atoms with Gasteiger partial charge < -0.3 is 16.0 Å². The third-order valence-corrected chi connectivity index (χ3v) is 4.95. The van der Waals surface area contributed by atoms with Gasteiger partial charge in [0.05, 0.1) is 11.4 Å². The van der Waals surface area contributed by atoms with E-state index >= 15 is 0 Å². The first-order valence-electron chi connectivity index (χ1n) is 8.29. The molecule has 4 rings (SSSR count). The first-order valence-corrected chi connectivity index (χ1v) is 8.67. The fourth-order valence-corrected chi connectivity index (χ4v) is 3.42. The minimum atomic E-state index is -0.264. The highest BCUT2D eigenvalue weighted by atomic mass is 35.5. The van der Waals surface area contributed by atoms with Crippen molar-refractivity contribution in [3.63, 3.8) is 0 Å². The van der Waals surface area contributed by atoms with Crippen molar-refractivity contribution in [2.45, 2.75) is 24.4 Å². The summed E-state index contributed by atoms with van der Waals surface area (Å²) in [6.45, 7) is 1.85. The molecule has 1 aliphatic heterocycles. The molecule has 2 aliphatic rings. The SMILES string of the molecule is CNC(=O)c1cc(-c2cc(C3CNCC4(CC4)N3)cc(Cl)n2)ncn1. The van der Waals surface area contributed by atoms with E-state index in [0.29, 0.717) is 22.2 Å². The van der Waals surface area contributed by atoms with E-state index in [2.05, 4.69) is 30.9 Å². The van der Waals surface area contributed by atoms with Crippen LogP contribution in [0.25, 0.3) is 11.4 Å². The summed E-state index contributed by atoms with van der Waals surface area (Å²) >= 11 is 6.25. The minimum absolute atomic E-state index is 0.177. The molecular formula is C17H19ClN6O. The van der Waals surface area contributed by atoms with Crippen LogP contribution in [-0.2, 0) is 0 Å². The van der Waals surface area contributed by atoms with Crippen LogP contribution in [0.2, 0.25) is 5.15 Å². The number of aromatic nitrogens is 3. The van der Waals surface area contributed by atoms with Crippen molar-refractivity contribution in [1.82, 2.24) is 30.9 Å². The van der Waals surface area contributed by atoms with Crippen LogP contribution in [0.5, 0.6) is 0 Å². The molecule has 1 spiro atoms. The fourth-order valence-electron chi connectivity index (χ4n) is 3.20. The normalized spacial score (nSPS) is 21.1. The Kier molecular flexibility index (Phi) is 4.15. The number of piperazine rings is 1. The van der Waals surface area contributed by atoms with Crippen LogP contribution in [0.1, 0.15) is 34.9 Å². The molecule has 1 unspecified atom stereocenters. The van der Waals surface area contributed by atoms with Gasteiger partial charge in [0.2, 0.25) is 0 Å². The number of carbonyl (C=O) groups is 1. The fraction of sp³-hybridized carbons (Fsp3) is 0.412. The highest BCUT2D eigenvalue weighted by molar-refractivity contribution is 6.29. The van der Waals surface area contributed by atoms with Crippen molar-refractivity contribution in [2.75, 3.05) is 20.1 Å². The van der Waals surface area contributed by atoms with Gasteiger partial charge in [-0.15, -0.1) is 0 Å². The molecule has 1 saturated heterocycles. The zero-order valence-electron chi connectivity index (χ0n) is 13.8. The second kappa shape index (κ2) is 6.33. The zero-order valence-corrected chi connectivity index (χ0v) is 14.6. The van der Waals surface area contributed by atoms with Crippen LogP contribution < -0.4 is 16.0 Å². The number of rotatable bonds is 3. The first-order chi connectivity index (χ1) is 12.1. The largest absolute Gasteiger partial charge is 0.354 e. The summed E-state index contributed by atoms with van der Waals surface area (Å²) < 4.78 is 0. The minimum Gasteiger partial charge on any atom is -0.354 e. The zero-order chi connectivity index (χ0) is 17.4. The van der Waals surface area contributed by atoms with Crippen molar-refractivity contribution in [1.29, 1.82) is 0 Å². The summed E-state index contributed by atoms with van der Waals surface area (Å²) in [7, 11) is 1.56. The van der Waals surface area contributed by atoms with Gasteiger partial charge in [0.15, 0.2) is 0 Å². The van der Waals surface area contributed by atoms with E-state index in [1.54, 1.807) is 13.1 Å². The number of hydrogen-bond donors (Lipinski definition) is 3. The average Bonchev–Trinajstić information content (AvgIpc) is 3.39. The van der Waals surface area contributed by atoms with Crippen LogP contribution in [-0.4, -0.2) is 46.5 Å². The predicted octanol–water partition coefficient (Wildman–Crippen LogP) is 1.32. The van der Waals surface area contributed by atoms with E-state index in [1.807, 2.05) is 12.1 Å². The Morgan fingerprint density at radius 1 is 1.28 bits per heavy atom. The summed E-state index contributed by atoms with van der Waals surface area (Å²) in [6.07, 6.45) is 3.76. The molecule has 0 aromatic carbocycles. The molecule has 0 radical (unpaired) electrons. The number of carbonyl (C=O) groups excluding carboxylic acids is 1. The number of nitrogens with one attached hydrogen (secondary N) is 3. The number of hydrogen-bond acceptors (Lipinski definition) is 6. The molecule has 1 atom stereocenters. The molecule has 3 N–H and O–H groups in total. The lowest BCUT2D eigenvalue weighted by molar-refractivity contribution is 0.0958. The van der Waals surface area contributed by atoms with Crippen molar-refractivity contribution in [3.8, 4) is 11.4 Å². The van der Waals surface area contributed by atoms with Crippen molar-refractivity contribution in [2.24, 2.45) is 0 Å². The second-order valence-corrected chi connectivity index (χ2v) is 6.97. The van der Waals surface area contributed by atoms with Crippen molar-refractivity contribution in [3.05, 3.63) is 40.9 Å². The van der Waals surface area contributed by atoms with Gasteiger partial charge >= 0.3 is 0 Å². The summed E-state index contributed by atoms with van der Waals surface area (Å²) in [5.41, 5.74) is 2.80. The Bertz CT molecular complexity index is 823. The van der Waals surface area contributed by atoms with Crippen LogP contribution in [0.4, 0.5) is 0 Å². The second-order valence-electron chi connectivity index (χ2n) is 6.58. The van der Waals surface area contributed by atoms with Gasteiger partial charge in [0.1, 0.15) is 17.2 Å². The Morgan fingerprint density at radius 3 is 2.88 bits per heavy atom. The molecule has 7 nitrogen and oxygen atoms in total. The third-order valence-electron chi connectivity index (χ3n) is 4.75. The number of pyridine rings is 1. The van der Waals surface area contributed by atoms with Crippen molar-refractivity contribution < 1.29 is 4.79 Å². The molecule has 1 amide bonds. The molecule has 25 heavy (non-hydrogen) atoms. The maximum Gasteiger partial charge on any atom is 0.269 e. The van der Waals surface area contributed by atoms with E-state index in [1.165, 1.54) is 19.2 Å². The Morgan fingerprint density at radius 2 is 2.12 bits per heavy atom. The molecule has 2 aromatic heterocycles. The smallest absolute Gasteiger partial charge is 0.269 e. The maximum absolute atomic E-state index is 11.8. The number of amides is 1. The molecule has 1 saturated carbocycles. The number of nitrogens with zero attached hydrogens (tertiary/aromatic N) is 3. The van der Waals surface area contributed by atoms with Gasteiger partial charge in [-0.05, 0) is 36.6 Å². The van der Waals surface area contributed by atoms with Gasteiger partial charge in [0, 0.05) is 31.7 Å². The Balaban J connectivity index is 1.67. The molecule has 2 aromatic rings. The van der Waals surface area contributed by atoms with Gasteiger partial charge in [-0.3, -0.25) is 4.79 Å². The summed E-state index contributed by atoms with van der Waals surface area (Å²) in [5, 5.41) is 10.2. The van der Waals surface area contributed by atoms with Crippen LogP contribution in [0.3, 0.4) is 0 Å². The standard InChI is InChI=1S/C17H19ClN6O/c1-19-16(25)13-6-11(21-9-22-13)12-4-10(5-15(18)23-12)14-7-20-8-17(24-14)2-3-17/h4-6,9,14,20,24H,2-3,7-8H2,1H3,(H,19,25). The number of halogens is 1. The molecule has 2 fully saturated rings. The summed E-state index contributed by atoms with van der Waals surface area (Å²) in [5.74, 6) is -0.264. The lowest BCUT2D eigenvalue weighted by Gasteiger charge is -2.32. The summed E-state index contributed by atoms with van der Waals surface area (Å²) in [6, 6.07) is 5.65. The van der Waals surface area contributed by atoms with Crippen LogP contribution in [0.15, 0.2) is 24.5 Å². The Labute approximate surface area is 150 Å². The lowest BCUT2D eigenvalue weighted by Crippen LogP contribution is -2.52. The quantitative estimate of drug-likeness (QED) is 0.717. The van der Waals surface area contributed by atoms with Crippen LogP contribution in [0, 0.1) is 0 Å². The molecule has 8 heteroatoms. The lowest BCUT2D eigenvalue weighted by atomic mass is 10.0. The monoisotopic (exact) mass is 358 g/mol. The highest BCUT2D eigenvalue weighted by Gasteiger charge is 2.45. The van der Waals surface area contributed by atoms with E-state index < -0.39 is 0 Å². The van der Waals surface area contributed by atoms with Crippen LogP contribution >= 0.6 is 11.6 Å². The molecule has 1 aliphatic carbocycles. The van der Waals surface area contributed by atoms with E-state index in [4.69, 9.17) is 11.6 Å². The van der Waals surface area contributed by atoms with Gasteiger partial charge in [-0.25, -0.2) is 15.0 Å². The van der Waals surface area contributed by atoms with E-state index in [9.17, 15) is 4.79 Å². The van der Waals surface area contributed by atoms with E-state index in [0.717, 1.165) is 18.7 Å². The van der Waals surface area contributed by atoms with Gasteiger partial charge in [-0.1, -0.05) is 11.6 Å². The maximum atomic E-state index is 11.8. The van der Waals surface area contributed by atoms with E-state index in [-0.39, 0.29) is 17.5 Å². The third kappa shape index (κ3) is 3.35. The first kappa shape index (κ1) is 16.4. The topological polar surface area (TPSA) is 91.8 Å². The van der Waals surface area contributed by atoms with Gasteiger partial charge in [-0.2, -0.15) is 0 Å².